The minimum absolute atomic E-state index is 0.234. The average molecular weight is 712 g/mol. The molecule has 2 aromatic heterocycles. The third-order valence-corrected chi connectivity index (χ3v) is 11.3. The highest BCUT2D eigenvalue weighted by molar-refractivity contribution is 6.12. The Hall–Kier alpha value is -5.95. The molecule has 3 aliphatic rings. The SMILES string of the molecule is CC1CC(C)C1.COc1c2cccc1-c1ccc3ccc4ccc(nc4c3n1)-c1cc(C)cc(c1OC)C1Nc3ccc4ccc(C)c(c4c3N1)N=C2C. The number of nitrogens with one attached hydrogen (secondary N) is 2. The number of aryl methyl sites for hydroxylation is 2. The molecule has 0 amide bonds. The van der Waals surface area contributed by atoms with Crippen LogP contribution in [0.1, 0.15) is 62.0 Å². The lowest BCUT2D eigenvalue weighted by molar-refractivity contribution is 0.233. The maximum Gasteiger partial charge on any atom is 0.137 e. The maximum absolute atomic E-state index is 6.20. The fourth-order valence-electron chi connectivity index (χ4n) is 8.69. The first kappa shape index (κ1) is 33.9. The number of nitrogens with zero attached hydrogens (tertiary/aromatic N) is 3. The van der Waals surface area contributed by atoms with E-state index in [1.54, 1.807) is 14.2 Å². The second-order valence-electron chi connectivity index (χ2n) is 15.3. The van der Waals surface area contributed by atoms with Crippen LogP contribution in [0.4, 0.5) is 17.1 Å². The molecule has 1 aliphatic carbocycles. The Labute approximate surface area is 316 Å². The molecular weight excluding hydrogens is 667 g/mol. The van der Waals surface area contributed by atoms with Crippen molar-refractivity contribution in [3.8, 4) is 34.0 Å². The predicted octanol–water partition coefficient (Wildman–Crippen LogP) is 11.9. The van der Waals surface area contributed by atoms with Crippen molar-refractivity contribution in [3.63, 3.8) is 0 Å². The van der Waals surface area contributed by atoms with Gasteiger partial charge < -0.3 is 20.1 Å². The standard InChI is InChI=1S/C41H33N5O2.C6H12/c1-21-19-29-32-17-15-26-12-11-25-14-16-31(43-36(25)37(26)44-32)28-8-6-7-27(39(28)47-4)23(3)42-35-22(2)9-10-24-13-18-33-38(34(24)35)46-41(45-33)30(20-21)40(29)48-5;1-5-3-6(2)4-5/h6-20,41,45-46H,1-5H3;5-6H,3-4H2,1-2H3. The number of hydrogen-bond donors (Lipinski definition) is 2. The quantitative estimate of drug-likeness (QED) is 0.174. The number of anilines is 2. The topological polar surface area (TPSA) is 80.7 Å². The Bertz CT molecular complexity index is 2670. The molecule has 1 unspecified atom stereocenters. The summed E-state index contributed by atoms with van der Waals surface area (Å²) in [5, 5.41) is 11.8. The summed E-state index contributed by atoms with van der Waals surface area (Å²) >= 11 is 0. The Morgan fingerprint density at radius 1 is 0.630 bits per heavy atom. The molecule has 0 radical (unpaired) electrons. The van der Waals surface area contributed by atoms with Gasteiger partial charge in [0.05, 0.1) is 53.7 Å². The predicted molar refractivity (Wildman–Crippen MR) is 224 cm³/mol. The number of aromatic nitrogens is 2. The molecule has 54 heavy (non-hydrogen) atoms. The van der Waals surface area contributed by atoms with Gasteiger partial charge in [-0.25, -0.2) is 9.97 Å². The smallest absolute Gasteiger partial charge is 0.137 e. The Balaban J connectivity index is 0.000000586. The number of benzene rings is 5. The number of rotatable bonds is 2. The molecule has 1 fully saturated rings. The van der Waals surface area contributed by atoms with Gasteiger partial charge in [-0.3, -0.25) is 4.99 Å². The molecule has 4 heterocycles. The molecule has 2 N–H and O–H groups in total. The average Bonchev–Trinajstić information content (AvgIpc) is 3.62. The van der Waals surface area contributed by atoms with E-state index >= 15 is 0 Å². The third kappa shape index (κ3) is 5.61. The van der Waals surface area contributed by atoms with Gasteiger partial charge in [-0.1, -0.05) is 62.4 Å². The van der Waals surface area contributed by atoms with Gasteiger partial charge >= 0.3 is 0 Å². The highest BCUT2D eigenvalue weighted by Crippen LogP contribution is 2.48. The number of pyridine rings is 2. The van der Waals surface area contributed by atoms with Crippen molar-refractivity contribution < 1.29 is 9.47 Å². The lowest BCUT2D eigenvalue weighted by Gasteiger charge is -2.28. The molecule has 2 aliphatic heterocycles. The van der Waals surface area contributed by atoms with E-state index in [0.717, 1.165) is 123 Å². The van der Waals surface area contributed by atoms with Crippen LogP contribution in [0.25, 0.3) is 55.1 Å². The molecule has 10 rings (SSSR count). The third-order valence-electron chi connectivity index (χ3n) is 11.3. The van der Waals surface area contributed by atoms with E-state index in [4.69, 9.17) is 24.4 Å². The molecular formula is C47H45N5O2. The zero-order valence-corrected chi connectivity index (χ0v) is 32.0. The van der Waals surface area contributed by atoms with E-state index in [0.29, 0.717) is 0 Å². The van der Waals surface area contributed by atoms with Crippen molar-refractivity contribution in [1.82, 2.24) is 9.97 Å². The van der Waals surface area contributed by atoms with Gasteiger partial charge in [0.2, 0.25) is 0 Å². The summed E-state index contributed by atoms with van der Waals surface area (Å²) in [6.07, 6.45) is 2.71. The summed E-state index contributed by atoms with van der Waals surface area (Å²) < 4.78 is 12.3. The summed E-state index contributed by atoms with van der Waals surface area (Å²) in [6.45, 7) is 10.9. The number of aliphatic imine (C=N–C) groups is 1. The second kappa shape index (κ2) is 13.2. The van der Waals surface area contributed by atoms with Gasteiger partial charge in [-0.05, 0) is 104 Å². The molecule has 10 bridgehead atoms. The van der Waals surface area contributed by atoms with Gasteiger partial charge in [-0.15, -0.1) is 0 Å². The summed E-state index contributed by atoms with van der Waals surface area (Å²) in [4.78, 5) is 15.9. The van der Waals surface area contributed by atoms with Crippen LogP contribution in [-0.2, 0) is 0 Å². The van der Waals surface area contributed by atoms with Crippen molar-refractivity contribution in [1.29, 1.82) is 0 Å². The Kier molecular flexibility index (Phi) is 8.26. The molecule has 5 aromatic carbocycles. The monoisotopic (exact) mass is 711 g/mol. The number of hydrogen-bond acceptors (Lipinski definition) is 7. The first-order valence-corrected chi connectivity index (χ1v) is 18.9. The van der Waals surface area contributed by atoms with E-state index in [2.05, 4.69) is 123 Å². The number of methoxy groups -OCH3 is 2. The maximum atomic E-state index is 6.20. The number of para-hydroxylation sites is 1. The van der Waals surface area contributed by atoms with Crippen LogP contribution in [0.15, 0.2) is 96.0 Å². The summed E-state index contributed by atoms with van der Waals surface area (Å²) in [7, 11) is 3.44. The van der Waals surface area contributed by atoms with Crippen molar-refractivity contribution in [2.75, 3.05) is 24.9 Å². The fourth-order valence-corrected chi connectivity index (χ4v) is 8.69. The van der Waals surface area contributed by atoms with Gasteiger partial charge in [0, 0.05) is 44.1 Å². The van der Waals surface area contributed by atoms with Crippen molar-refractivity contribution >= 4 is 55.4 Å². The zero-order chi connectivity index (χ0) is 37.2. The summed E-state index contributed by atoms with van der Waals surface area (Å²) in [5.74, 6) is 3.59. The molecule has 0 saturated heterocycles. The van der Waals surface area contributed by atoms with E-state index < -0.39 is 0 Å². The first-order chi connectivity index (χ1) is 26.2. The van der Waals surface area contributed by atoms with Gasteiger partial charge in [0.1, 0.15) is 17.7 Å². The van der Waals surface area contributed by atoms with Crippen LogP contribution in [0, 0.1) is 25.7 Å². The molecule has 1 saturated carbocycles. The van der Waals surface area contributed by atoms with E-state index in [1.165, 1.54) is 12.8 Å². The summed E-state index contributed by atoms with van der Waals surface area (Å²) in [5.41, 5.74) is 13.0. The number of fused-ring (bicyclic) bond motifs is 10. The lowest BCUT2D eigenvalue weighted by Crippen LogP contribution is -2.16. The van der Waals surface area contributed by atoms with Crippen molar-refractivity contribution in [3.05, 3.63) is 113 Å². The van der Waals surface area contributed by atoms with Crippen LogP contribution in [0.5, 0.6) is 11.5 Å². The van der Waals surface area contributed by atoms with Crippen LogP contribution in [0.2, 0.25) is 0 Å². The molecule has 0 spiro atoms. The Morgan fingerprint density at radius 2 is 1.24 bits per heavy atom. The van der Waals surface area contributed by atoms with Gasteiger partial charge in [-0.2, -0.15) is 0 Å². The normalized spacial score (nSPS) is 18.0. The molecule has 7 aromatic rings. The molecule has 7 nitrogen and oxygen atoms in total. The van der Waals surface area contributed by atoms with Crippen LogP contribution < -0.4 is 20.1 Å². The largest absolute Gasteiger partial charge is 0.496 e. The lowest BCUT2D eigenvalue weighted by atomic mass is 9.78. The Morgan fingerprint density at radius 3 is 1.89 bits per heavy atom. The van der Waals surface area contributed by atoms with Crippen LogP contribution in [-0.4, -0.2) is 29.9 Å². The van der Waals surface area contributed by atoms with E-state index in [-0.39, 0.29) is 6.17 Å². The highest BCUT2D eigenvalue weighted by Gasteiger charge is 2.29. The molecule has 7 heteroatoms. The second-order valence-corrected chi connectivity index (χ2v) is 15.3. The van der Waals surface area contributed by atoms with E-state index in [1.807, 2.05) is 13.0 Å². The minimum atomic E-state index is -0.234. The fraction of sp³-hybridized carbons (Fsp3) is 0.255. The highest BCUT2D eigenvalue weighted by atomic mass is 16.5. The summed E-state index contributed by atoms with van der Waals surface area (Å²) in [6, 6.07) is 31.7. The zero-order valence-electron chi connectivity index (χ0n) is 32.0. The van der Waals surface area contributed by atoms with Crippen LogP contribution >= 0.6 is 0 Å². The molecule has 270 valence electrons. The van der Waals surface area contributed by atoms with Gasteiger partial charge in [0.25, 0.3) is 0 Å². The minimum Gasteiger partial charge on any atom is -0.496 e. The first-order valence-electron chi connectivity index (χ1n) is 18.9. The molecule has 1 atom stereocenters. The van der Waals surface area contributed by atoms with Crippen LogP contribution in [0.3, 0.4) is 0 Å². The van der Waals surface area contributed by atoms with E-state index in [9.17, 15) is 0 Å². The van der Waals surface area contributed by atoms with Gasteiger partial charge in [0.15, 0.2) is 0 Å². The number of ether oxygens (including phenoxy) is 2. The van der Waals surface area contributed by atoms with Crippen molar-refractivity contribution in [2.24, 2.45) is 16.8 Å². The van der Waals surface area contributed by atoms with Crippen molar-refractivity contribution in [2.45, 2.75) is 53.6 Å².